The van der Waals surface area contributed by atoms with E-state index in [1.165, 1.54) is 0 Å². The molecule has 0 aliphatic carbocycles. The molecule has 1 aromatic carbocycles. The second kappa shape index (κ2) is 6.07. The van der Waals surface area contributed by atoms with Crippen molar-refractivity contribution >= 4 is 21.8 Å². The van der Waals surface area contributed by atoms with Crippen LogP contribution in [0.3, 0.4) is 0 Å². The first kappa shape index (κ1) is 14.1. The van der Waals surface area contributed by atoms with Crippen LogP contribution >= 0.6 is 15.9 Å². The van der Waals surface area contributed by atoms with Gasteiger partial charge in [0, 0.05) is 4.47 Å². The number of carbonyl (C=O) groups excluding carboxylic acids is 1. The number of halogens is 3. The molecule has 0 atom stereocenters. The Morgan fingerprint density at radius 3 is 2.47 bits per heavy atom. The number of rotatable bonds is 5. The van der Waals surface area contributed by atoms with Crippen LogP contribution in [0.2, 0.25) is 0 Å². The van der Waals surface area contributed by atoms with Crippen LogP contribution in [0, 0.1) is 0 Å². The second-order valence-electron chi connectivity index (χ2n) is 3.59. The number of alkyl halides is 2. The van der Waals surface area contributed by atoms with Crippen molar-refractivity contribution in [2.24, 2.45) is 0 Å². The third-order valence-corrected chi connectivity index (χ3v) is 2.58. The Bertz CT molecular complexity index is 382. The van der Waals surface area contributed by atoms with Gasteiger partial charge in [0.2, 0.25) is 5.91 Å². The average Bonchev–Trinajstić information content (AvgIpc) is 2.30. The van der Waals surface area contributed by atoms with Crippen LogP contribution in [-0.2, 0) is 11.2 Å². The highest BCUT2D eigenvalue weighted by atomic mass is 79.9. The fourth-order valence-electron chi connectivity index (χ4n) is 1.13. The molecule has 0 unspecified atom stereocenters. The van der Waals surface area contributed by atoms with Crippen LogP contribution in [0.25, 0.3) is 0 Å². The van der Waals surface area contributed by atoms with Crippen LogP contribution in [0.4, 0.5) is 8.78 Å². The lowest BCUT2D eigenvalue weighted by molar-refractivity contribution is -0.123. The van der Waals surface area contributed by atoms with Crippen LogP contribution < -0.4 is 5.32 Å². The Hall–Kier alpha value is -1.01. The Morgan fingerprint density at radius 2 is 1.94 bits per heavy atom. The summed E-state index contributed by atoms with van der Waals surface area (Å²) in [7, 11) is 0. The smallest absolute Gasteiger partial charge is 0.287 e. The molecule has 94 valence electrons. The van der Waals surface area contributed by atoms with Crippen molar-refractivity contribution in [3.63, 3.8) is 0 Å². The van der Waals surface area contributed by atoms with Crippen molar-refractivity contribution in [2.75, 3.05) is 13.2 Å². The van der Waals surface area contributed by atoms with E-state index < -0.39 is 25.0 Å². The van der Waals surface area contributed by atoms with Gasteiger partial charge in [0.25, 0.3) is 5.92 Å². The number of benzene rings is 1. The third kappa shape index (κ3) is 5.23. The minimum absolute atomic E-state index is 0.0365. The number of nitrogens with one attached hydrogen (secondary N) is 1. The number of amides is 1. The molecule has 0 saturated carbocycles. The molecular weight excluding hydrogens is 296 g/mol. The van der Waals surface area contributed by atoms with Crippen LogP contribution in [-0.4, -0.2) is 30.1 Å². The molecule has 0 saturated heterocycles. The molecule has 0 bridgehead atoms. The summed E-state index contributed by atoms with van der Waals surface area (Å²) in [5.41, 5.74) is 0.734. The van der Waals surface area contributed by atoms with Gasteiger partial charge in [-0.3, -0.25) is 4.79 Å². The number of hydrogen-bond donors (Lipinski definition) is 2. The molecule has 0 aromatic heterocycles. The lowest BCUT2D eigenvalue weighted by Gasteiger charge is -2.13. The molecular formula is C11H12BrF2NO2. The summed E-state index contributed by atoms with van der Waals surface area (Å²) >= 11 is 3.25. The predicted molar refractivity (Wildman–Crippen MR) is 62.9 cm³/mol. The van der Waals surface area contributed by atoms with E-state index in [-0.39, 0.29) is 6.42 Å². The van der Waals surface area contributed by atoms with E-state index >= 15 is 0 Å². The van der Waals surface area contributed by atoms with Gasteiger partial charge in [0.15, 0.2) is 0 Å². The summed E-state index contributed by atoms with van der Waals surface area (Å²) in [4.78, 5) is 11.3. The summed E-state index contributed by atoms with van der Waals surface area (Å²) in [6.45, 7) is -2.12. The molecule has 1 amide bonds. The normalized spacial score (nSPS) is 11.3. The summed E-state index contributed by atoms with van der Waals surface area (Å²) in [5, 5.41) is 10.4. The van der Waals surface area contributed by atoms with E-state index in [2.05, 4.69) is 21.2 Å². The van der Waals surface area contributed by atoms with Gasteiger partial charge in [-0.15, -0.1) is 0 Å². The van der Waals surface area contributed by atoms with Crippen molar-refractivity contribution in [3.05, 3.63) is 34.3 Å². The van der Waals surface area contributed by atoms with Gasteiger partial charge in [0.1, 0.15) is 6.61 Å². The maximum atomic E-state index is 12.6. The Morgan fingerprint density at radius 1 is 1.35 bits per heavy atom. The topological polar surface area (TPSA) is 49.3 Å². The zero-order valence-corrected chi connectivity index (χ0v) is 10.5. The van der Waals surface area contributed by atoms with Gasteiger partial charge in [-0.05, 0) is 17.7 Å². The van der Waals surface area contributed by atoms with Crippen LogP contribution in [0.1, 0.15) is 5.56 Å². The minimum Gasteiger partial charge on any atom is -0.390 e. The first-order valence-electron chi connectivity index (χ1n) is 4.93. The van der Waals surface area contributed by atoms with Gasteiger partial charge in [-0.25, -0.2) is 8.78 Å². The van der Waals surface area contributed by atoms with E-state index in [0.717, 1.165) is 10.0 Å². The molecule has 3 nitrogen and oxygen atoms in total. The Labute approximate surface area is 106 Å². The quantitative estimate of drug-likeness (QED) is 0.870. The largest absolute Gasteiger partial charge is 0.390 e. The number of hydrogen-bond acceptors (Lipinski definition) is 2. The fourth-order valence-corrected chi connectivity index (χ4v) is 1.40. The van der Waals surface area contributed by atoms with Gasteiger partial charge in [0.05, 0.1) is 13.0 Å². The molecule has 6 heteroatoms. The van der Waals surface area contributed by atoms with E-state index in [1.54, 1.807) is 24.3 Å². The molecule has 1 rings (SSSR count). The third-order valence-electron chi connectivity index (χ3n) is 2.05. The maximum absolute atomic E-state index is 12.6. The zero-order valence-electron chi connectivity index (χ0n) is 8.92. The minimum atomic E-state index is -3.27. The van der Waals surface area contributed by atoms with E-state index in [9.17, 15) is 13.6 Å². The Kier molecular flexibility index (Phi) is 5.02. The molecule has 0 aliphatic heterocycles. The highest BCUT2D eigenvalue weighted by Crippen LogP contribution is 2.12. The van der Waals surface area contributed by atoms with Gasteiger partial charge < -0.3 is 10.4 Å². The Balaban J connectivity index is 2.42. The van der Waals surface area contributed by atoms with Crippen molar-refractivity contribution in [3.8, 4) is 0 Å². The number of aliphatic hydroxyl groups is 1. The molecule has 0 fully saturated rings. The van der Waals surface area contributed by atoms with Gasteiger partial charge in [-0.1, -0.05) is 28.1 Å². The predicted octanol–water partition coefficient (Wildman–Crippen LogP) is 1.74. The summed E-state index contributed by atoms with van der Waals surface area (Å²) in [6, 6.07) is 7.00. The monoisotopic (exact) mass is 307 g/mol. The van der Waals surface area contributed by atoms with E-state index in [4.69, 9.17) is 5.11 Å². The summed E-state index contributed by atoms with van der Waals surface area (Å²) in [5.74, 6) is -3.77. The molecule has 0 spiro atoms. The zero-order chi connectivity index (χ0) is 12.9. The van der Waals surface area contributed by atoms with Crippen molar-refractivity contribution in [1.82, 2.24) is 5.32 Å². The lowest BCUT2D eigenvalue weighted by Crippen LogP contribution is -2.39. The number of aliphatic hydroxyl groups excluding tert-OH is 1. The van der Waals surface area contributed by atoms with Gasteiger partial charge in [-0.2, -0.15) is 0 Å². The average molecular weight is 308 g/mol. The van der Waals surface area contributed by atoms with Crippen molar-refractivity contribution < 1.29 is 18.7 Å². The van der Waals surface area contributed by atoms with Gasteiger partial charge >= 0.3 is 0 Å². The molecule has 0 heterocycles. The maximum Gasteiger partial charge on any atom is 0.287 e. The molecule has 17 heavy (non-hydrogen) atoms. The van der Waals surface area contributed by atoms with Crippen LogP contribution in [0.5, 0.6) is 0 Å². The molecule has 2 N–H and O–H groups in total. The lowest BCUT2D eigenvalue weighted by atomic mass is 10.1. The first-order chi connectivity index (χ1) is 7.93. The van der Waals surface area contributed by atoms with E-state index in [1.807, 2.05) is 0 Å². The summed E-state index contributed by atoms with van der Waals surface area (Å²) in [6.07, 6.45) is 0.0365. The first-order valence-corrected chi connectivity index (χ1v) is 5.72. The molecule has 0 radical (unpaired) electrons. The van der Waals surface area contributed by atoms with Crippen LogP contribution in [0.15, 0.2) is 28.7 Å². The molecule has 1 aromatic rings. The highest BCUT2D eigenvalue weighted by molar-refractivity contribution is 9.10. The number of carbonyl (C=O) groups is 1. The summed E-state index contributed by atoms with van der Waals surface area (Å²) < 4.78 is 26.2. The van der Waals surface area contributed by atoms with Crippen molar-refractivity contribution in [2.45, 2.75) is 12.3 Å². The molecule has 0 aliphatic rings. The highest BCUT2D eigenvalue weighted by Gasteiger charge is 2.27. The second-order valence-corrected chi connectivity index (χ2v) is 4.51. The SMILES string of the molecule is O=C(Cc1ccc(Br)cc1)NCC(F)(F)CO. The van der Waals surface area contributed by atoms with E-state index in [0.29, 0.717) is 0 Å². The van der Waals surface area contributed by atoms with Crippen molar-refractivity contribution in [1.29, 1.82) is 0 Å². The fraction of sp³-hybridized carbons (Fsp3) is 0.364. The standard InChI is InChI=1S/C11H12BrF2NO2/c12-9-3-1-8(2-4-9)5-10(17)15-6-11(13,14)7-16/h1-4,16H,5-7H2,(H,15,17).